The summed E-state index contributed by atoms with van der Waals surface area (Å²) in [6.07, 6.45) is 11.0. The Kier molecular flexibility index (Phi) is 5.74. The minimum atomic E-state index is -0.112. The smallest absolute Gasteiger partial charge is 0.241 e. The number of hydrogen-bond acceptors (Lipinski definition) is 7. The molecule has 3 unspecified atom stereocenters. The van der Waals surface area contributed by atoms with Crippen LogP contribution in [0.25, 0.3) is 5.65 Å². The van der Waals surface area contributed by atoms with Gasteiger partial charge in [-0.15, -0.1) is 0 Å². The molecule has 1 aliphatic carbocycles. The highest BCUT2D eigenvalue weighted by atomic mass is 16.2. The number of hydrogen-bond donors (Lipinski definition) is 2. The fourth-order valence-electron chi connectivity index (χ4n) is 6.82. The van der Waals surface area contributed by atoms with Gasteiger partial charge in [0, 0.05) is 62.5 Å². The van der Waals surface area contributed by atoms with Crippen LogP contribution in [0.5, 0.6) is 0 Å². The molecule has 0 radical (unpaired) electrons. The van der Waals surface area contributed by atoms with Gasteiger partial charge in [-0.05, 0) is 45.4 Å². The van der Waals surface area contributed by atoms with E-state index in [1.54, 1.807) is 0 Å². The van der Waals surface area contributed by atoms with E-state index in [0.29, 0.717) is 12.0 Å². The minimum absolute atomic E-state index is 0.0154. The molecule has 34 heavy (non-hydrogen) atoms. The Morgan fingerprint density at radius 2 is 1.94 bits per heavy atom. The van der Waals surface area contributed by atoms with Gasteiger partial charge >= 0.3 is 0 Å². The highest BCUT2D eigenvalue weighted by molar-refractivity contribution is 5.83. The maximum Gasteiger partial charge on any atom is 0.241 e. The molecule has 5 heterocycles. The van der Waals surface area contributed by atoms with Crippen LogP contribution in [0.2, 0.25) is 0 Å². The predicted molar refractivity (Wildman–Crippen MR) is 131 cm³/mol. The van der Waals surface area contributed by atoms with Crippen molar-refractivity contribution in [2.75, 3.05) is 31.6 Å². The van der Waals surface area contributed by atoms with Gasteiger partial charge in [0.05, 0.1) is 11.7 Å². The van der Waals surface area contributed by atoms with Gasteiger partial charge in [-0.25, -0.2) is 19.9 Å². The molecule has 5 atom stereocenters. The Hall–Kier alpha value is -2.23. The van der Waals surface area contributed by atoms with E-state index in [1.807, 2.05) is 4.52 Å². The van der Waals surface area contributed by atoms with E-state index >= 15 is 0 Å². The lowest BCUT2D eigenvalue weighted by Gasteiger charge is -2.37. The molecule has 3 saturated heterocycles. The van der Waals surface area contributed by atoms with Gasteiger partial charge in [-0.2, -0.15) is 5.10 Å². The van der Waals surface area contributed by atoms with Gasteiger partial charge in [-0.1, -0.05) is 12.8 Å². The molecular formula is C25H38N8O. The van der Waals surface area contributed by atoms with Crippen molar-refractivity contribution in [2.45, 2.75) is 82.5 Å². The highest BCUT2D eigenvalue weighted by Crippen LogP contribution is 2.38. The molecule has 2 aromatic heterocycles. The zero-order chi connectivity index (χ0) is 23.4. The summed E-state index contributed by atoms with van der Waals surface area (Å²) in [4.78, 5) is 23.2. The van der Waals surface area contributed by atoms with Gasteiger partial charge in [0.15, 0.2) is 5.65 Å². The van der Waals surface area contributed by atoms with E-state index in [1.165, 1.54) is 19.3 Å². The van der Waals surface area contributed by atoms with Crippen LogP contribution in [-0.2, 0) is 4.79 Å². The number of rotatable bonds is 3. The molecule has 2 aromatic rings. The number of piperidine rings is 1. The molecule has 3 aliphatic heterocycles. The van der Waals surface area contributed by atoms with Gasteiger partial charge in [0.1, 0.15) is 11.9 Å². The van der Waals surface area contributed by atoms with E-state index < -0.39 is 0 Å². The summed E-state index contributed by atoms with van der Waals surface area (Å²) < 4.78 is 1.89. The Balaban J connectivity index is 1.28. The Bertz CT molecular complexity index is 1070. The topological polar surface area (TPSA) is 95.0 Å². The summed E-state index contributed by atoms with van der Waals surface area (Å²) in [6, 6.07) is 2.69. The van der Waals surface area contributed by atoms with Crippen LogP contribution in [0.15, 0.2) is 12.3 Å². The minimum Gasteiger partial charge on any atom is -0.355 e. The van der Waals surface area contributed by atoms with Crippen LogP contribution in [0, 0.1) is 12.8 Å². The summed E-state index contributed by atoms with van der Waals surface area (Å²) in [5, 5.41) is 7.12. The summed E-state index contributed by atoms with van der Waals surface area (Å²) >= 11 is 0. The Morgan fingerprint density at radius 1 is 1.12 bits per heavy atom. The Labute approximate surface area is 201 Å². The van der Waals surface area contributed by atoms with Crippen molar-refractivity contribution < 1.29 is 4.79 Å². The molecule has 1 saturated carbocycles. The number of aryl methyl sites for hydroxylation is 1. The molecule has 1 amide bonds. The number of likely N-dealkylation sites (tertiary alicyclic amines) is 1. The van der Waals surface area contributed by atoms with E-state index in [2.05, 4.69) is 46.5 Å². The van der Waals surface area contributed by atoms with Crippen LogP contribution in [0.1, 0.15) is 68.7 Å². The van der Waals surface area contributed by atoms with E-state index in [9.17, 15) is 4.79 Å². The highest BCUT2D eigenvalue weighted by Gasteiger charge is 2.47. The number of anilines is 1. The predicted octanol–water partition coefficient (Wildman–Crippen LogP) is 2.01. The average Bonchev–Trinajstić information content (AvgIpc) is 3.55. The van der Waals surface area contributed by atoms with Crippen molar-refractivity contribution in [2.24, 2.45) is 11.7 Å². The number of aromatic nitrogens is 3. The second-order valence-electron chi connectivity index (χ2n) is 10.9. The lowest BCUT2D eigenvalue weighted by molar-refractivity contribution is -0.138. The summed E-state index contributed by atoms with van der Waals surface area (Å²) in [5.74, 6) is 1.66. The second kappa shape index (κ2) is 8.77. The first-order valence-corrected chi connectivity index (χ1v) is 13.2. The average molecular weight is 467 g/mol. The number of nitrogens with zero attached hydrogens (tertiary/aromatic N) is 6. The van der Waals surface area contributed by atoms with Gasteiger partial charge in [-0.3, -0.25) is 4.79 Å². The van der Waals surface area contributed by atoms with Crippen LogP contribution in [-0.4, -0.2) is 75.2 Å². The van der Waals surface area contributed by atoms with Crippen molar-refractivity contribution in [1.82, 2.24) is 29.9 Å². The molecular weight excluding hydrogens is 428 g/mol. The zero-order valence-electron chi connectivity index (χ0n) is 20.5. The van der Waals surface area contributed by atoms with Crippen LogP contribution >= 0.6 is 0 Å². The molecule has 0 aromatic carbocycles. The van der Waals surface area contributed by atoms with Crippen molar-refractivity contribution in [3.63, 3.8) is 0 Å². The van der Waals surface area contributed by atoms with Crippen LogP contribution in [0.3, 0.4) is 0 Å². The Morgan fingerprint density at radius 3 is 2.76 bits per heavy atom. The largest absolute Gasteiger partial charge is 0.355 e. The molecule has 0 spiro atoms. The first-order chi connectivity index (χ1) is 16.5. The number of nitrogens with one attached hydrogen (secondary N) is 1. The third-order valence-electron chi connectivity index (χ3n) is 8.59. The molecule has 184 valence electrons. The standard InChI is InChI=1S/C25H38N8O/c1-16-14-33-22(27-24(16)31-12-10-17(26)15-31)13-19(28-33)21-9-5-6-11-32(21)25(34)23-18-7-3-4-8-20(18)30(2)29-23/h13-14,17-18,20-21,23,29H,3-12,15,26H2,1-2H3/t17-,18?,20?,21-,23?/m0/s1. The molecule has 3 N–H and O–H groups in total. The van der Waals surface area contributed by atoms with Crippen LogP contribution < -0.4 is 16.1 Å². The molecule has 0 bridgehead atoms. The third kappa shape index (κ3) is 3.78. The fraction of sp³-hybridized carbons (Fsp3) is 0.720. The molecule has 9 nitrogen and oxygen atoms in total. The molecule has 4 fully saturated rings. The summed E-state index contributed by atoms with van der Waals surface area (Å²) in [5.41, 5.74) is 12.6. The lowest BCUT2D eigenvalue weighted by atomic mass is 9.80. The fourth-order valence-corrected chi connectivity index (χ4v) is 6.82. The number of amides is 1. The quantitative estimate of drug-likeness (QED) is 0.714. The first kappa shape index (κ1) is 22.2. The van der Waals surface area contributed by atoms with Crippen molar-refractivity contribution in [3.8, 4) is 0 Å². The zero-order valence-corrected chi connectivity index (χ0v) is 20.5. The molecule has 6 rings (SSSR count). The number of carbonyl (C=O) groups is 1. The van der Waals surface area contributed by atoms with Gasteiger partial charge in [0.25, 0.3) is 0 Å². The first-order valence-electron chi connectivity index (χ1n) is 13.2. The van der Waals surface area contributed by atoms with E-state index in [0.717, 1.165) is 74.5 Å². The number of nitrogens with two attached hydrogens (primary N) is 1. The maximum atomic E-state index is 13.9. The van der Waals surface area contributed by atoms with Crippen molar-refractivity contribution in [1.29, 1.82) is 0 Å². The van der Waals surface area contributed by atoms with Gasteiger partial charge in [0.2, 0.25) is 5.91 Å². The normalized spacial score (nSPS) is 32.5. The van der Waals surface area contributed by atoms with E-state index in [4.69, 9.17) is 15.8 Å². The number of fused-ring (bicyclic) bond motifs is 2. The third-order valence-corrected chi connectivity index (χ3v) is 8.59. The maximum absolute atomic E-state index is 13.9. The second-order valence-corrected chi connectivity index (χ2v) is 10.9. The number of carbonyl (C=O) groups excluding carboxylic acids is 1. The van der Waals surface area contributed by atoms with Crippen molar-refractivity contribution in [3.05, 3.63) is 23.5 Å². The summed E-state index contributed by atoms with van der Waals surface area (Å²) in [6.45, 7) is 4.69. The lowest BCUT2D eigenvalue weighted by Crippen LogP contribution is -2.50. The summed E-state index contributed by atoms with van der Waals surface area (Å²) in [7, 11) is 2.10. The molecule has 9 heteroatoms. The SMILES string of the molecule is Cc1cn2nc([C@@H]3CCCCN3C(=O)C3NN(C)C4CCCCC34)cc2nc1N1CC[C@H](N)C1. The van der Waals surface area contributed by atoms with Crippen LogP contribution in [0.4, 0.5) is 5.82 Å². The monoisotopic (exact) mass is 466 g/mol. The van der Waals surface area contributed by atoms with Crippen molar-refractivity contribution >= 4 is 17.4 Å². The van der Waals surface area contributed by atoms with E-state index in [-0.39, 0.29) is 24.0 Å². The molecule has 4 aliphatic rings. The number of hydrazine groups is 1. The van der Waals surface area contributed by atoms with Gasteiger partial charge < -0.3 is 15.5 Å².